The number of hydrogen-bond donors (Lipinski definition) is 1. The van der Waals surface area contributed by atoms with Crippen LogP contribution < -0.4 is 9.64 Å². The molecular weight excluding hydrogens is 420 g/mol. The van der Waals surface area contributed by atoms with Crippen molar-refractivity contribution in [3.8, 4) is 5.75 Å². The molecule has 0 spiro atoms. The third-order valence-corrected chi connectivity index (χ3v) is 6.45. The van der Waals surface area contributed by atoms with Gasteiger partial charge in [-0.05, 0) is 31.0 Å². The van der Waals surface area contributed by atoms with Gasteiger partial charge in [0.2, 0.25) is 0 Å². The van der Waals surface area contributed by atoms with Crippen molar-refractivity contribution in [2.75, 3.05) is 31.6 Å². The Labute approximate surface area is 190 Å². The van der Waals surface area contributed by atoms with Crippen molar-refractivity contribution in [1.82, 2.24) is 34.4 Å². The molecule has 168 valence electrons. The summed E-state index contributed by atoms with van der Waals surface area (Å²) < 4.78 is 7.33. The molecule has 1 amide bonds. The molecule has 1 saturated heterocycles. The maximum absolute atomic E-state index is 12.7. The van der Waals surface area contributed by atoms with Crippen molar-refractivity contribution in [3.63, 3.8) is 0 Å². The Morgan fingerprint density at radius 1 is 1.15 bits per heavy atom. The molecule has 0 aliphatic carbocycles. The van der Waals surface area contributed by atoms with Gasteiger partial charge in [0.05, 0.1) is 37.2 Å². The molecule has 10 heteroatoms. The molecule has 0 saturated carbocycles. The van der Waals surface area contributed by atoms with Crippen LogP contribution in [0.1, 0.15) is 46.5 Å². The number of ether oxygens (including phenoxy) is 1. The summed E-state index contributed by atoms with van der Waals surface area (Å²) in [6, 6.07) is 5.61. The molecular formula is C23H24N8O2. The standard InChI is InChI=1S/C23H24N8O2/c1-33-19-5-4-9-31-18(19)11-16(28-31)22-21-15(26-14-27-21)6-10-30(22)20-13-24-17(12-25-20)23(32)29-7-2-3-8-29/h4-5,9,11-14,22H,2-3,6-8,10H2,1H3,(H,26,27)/t22-/m0/s1. The second-order valence-electron chi connectivity index (χ2n) is 8.35. The molecule has 6 rings (SSSR count). The minimum Gasteiger partial charge on any atom is -0.494 e. The van der Waals surface area contributed by atoms with E-state index in [0.717, 1.165) is 67.2 Å². The highest BCUT2D eigenvalue weighted by Crippen LogP contribution is 2.36. The lowest BCUT2D eigenvalue weighted by atomic mass is 10.00. The third-order valence-electron chi connectivity index (χ3n) is 6.45. The summed E-state index contributed by atoms with van der Waals surface area (Å²) in [6.07, 6.45) is 9.79. The first-order chi connectivity index (χ1) is 16.2. The van der Waals surface area contributed by atoms with Gasteiger partial charge in [0.15, 0.2) is 0 Å². The summed E-state index contributed by atoms with van der Waals surface area (Å²) in [6.45, 7) is 2.30. The fraction of sp³-hybridized carbons (Fsp3) is 0.348. The van der Waals surface area contributed by atoms with Gasteiger partial charge in [-0.3, -0.25) is 4.79 Å². The van der Waals surface area contributed by atoms with E-state index in [9.17, 15) is 4.79 Å². The van der Waals surface area contributed by atoms with E-state index in [0.29, 0.717) is 11.5 Å². The van der Waals surface area contributed by atoms with E-state index >= 15 is 0 Å². The topological polar surface area (TPSA) is 105 Å². The maximum Gasteiger partial charge on any atom is 0.274 e. The van der Waals surface area contributed by atoms with Crippen molar-refractivity contribution in [3.05, 3.63) is 65.9 Å². The Bertz CT molecular complexity index is 1310. The number of H-pyrrole nitrogens is 1. The lowest BCUT2D eigenvalue weighted by Crippen LogP contribution is -2.37. The van der Waals surface area contributed by atoms with Gasteiger partial charge in [0.1, 0.15) is 28.8 Å². The normalized spacial score (nSPS) is 18.0. The van der Waals surface area contributed by atoms with Gasteiger partial charge in [-0.25, -0.2) is 19.5 Å². The van der Waals surface area contributed by atoms with E-state index in [4.69, 9.17) is 9.84 Å². The Morgan fingerprint density at radius 3 is 2.82 bits per heavy atom. The number of imidazole rings is 1. The summed E-state index contributed by atoms with van der Waals surface area (Å²) in [7, 11) is 1.65. The van der Waals surface area contributed by atoms with Crippen LogP contribution in [0, 0.1) is 0 Å². The molecule has 0 aromatic carbocycles. The molecule has 4 aromatic rings. The number of nitrogens with zero attached hydrogens (tertiary/aromatic N) is 7. The Balaban J connectivity index is 1.38. The lowest BCUT2D eigenvalue weighted by molar-refractivity contribution is 0.0786. The second kappa shape index (κ2) is 7.88. The SMILES string of the molecule is COc1cccn2nc([C@H]3c4nc[nH]c4CCN3c3cnc(C(=O)N4CCCC4)cn3)cc12. The first kappa shape index (κ1) is 19.7. The number of likely N-dealkylation sites (tertiary alicyclic amines) is 1. The number of anilines is 1. The van der Waals surface area contributed by atoms with Gasteiger partial charge >= 0.3 is 0 Å². The van der Waals surface area contributed by atoms with Crippen molar-refractivity contribution in [2.24, 2.45) is 0 Å². The fourth-order valence-electron chi connectivity index (χ4n) is 4.80. The molecule has 0 bridgehead atoms. The molecule has 10 nitrogen and oxygen atoms in total. The highest BCUT2D eigenvalue weighted by Gasteiger charge is 2.34. The van der Waals surface area contributed by atoms with Crippen LogP contribution >= 0.6 is 0 Å². The van der Waals surface area contributed by atoms with Crippen LogP contribution in [0.2, 0.25) is 0 Å². The minimum absolute atomic E-state index is 0.0521. The zero-order valence-electron chi connectivity index (χ0n) is 18.3. The van der Waals surface area contributed by atoms with E-state index in [1.54, 1.807) is 25.8 Å². The fourth-order valence-corrected chi connectivity index (χ4v) is 4.80. The van der Waals surface area contributed by atoms with Crippen LogP contribution in [0.3, 0.4) is 0 Å². The number of pyridine rings is 1. The van der Waals surface area contributed by atoms with Crippen LogP contribution in [-0.4, -0.2) is 67.1 Å². The number of rotatable bonds is 4. The summed E-state index contributed by atoms with van der Waals surface area (Å²) in [4.78, 5) is 33.6. The van der Waals surface area contributed by atoms with E-state index in [-0.39, 0.29) is 11.9 Å². The molecule has 6 heterocycles. The van der Waals surface area contributed by atoms with E-state index in [1.165, 1.54) is 0 Å². The van der Waals surface area contributed by atoms with Gasteiger partial charge in [-0.1, -0.05) is 0 Å². The predicted octanol–water partition coefficient (Wildman–Crippen LogP) is 2.24. The molecule has 33 heavy (non-hydrogen) atoms. The first-order valence-electron chi connectivity index (χ1n) is 11.2. The number of aromatic nitrogens is 6. The number of hydrogen-bond acceptors (Lipinski definition) is 7. The highest BCUT2D eigenvalue weighted by atomic mass is 16.5. The summed E-state index contributed by atoms with van der Waals surface area (Å²) in [5.41, 5.74) is 4.12. The molecule has 2 aliphatic heterocycles. The largest absolute Gasteiger partial charge is 0.494 e. The number of fused-ring (bicyclic) bond motifs is 2. The van der Waals surface area contributed by atoms with Crippen LogP contribution in [0.4, 0.5) is 5.82 Å². The summed E-state index contributed by atoms with van der Waals surface area (Å²) >= 11 is 0. The second-order valence-corrected chi connectivity index (χ2v) is 8.35. The monoisotopic (exact) mass is 444 g/mol. The summed E-state index contributed by atoms with van der Waals surface area (Å²) in [5.74, 6) is 1.39. The van der Waals surface area contributed by atoms with Crippen LogP contribution in [-0.2, 0) is 6.42 Å². The minimum atomic E-state index is -0.237. The molecule has 1 atom stereocenters. The summed E-state index contributed by atoms with van der Waals surface area (Å²) in [5, 5.41) is 4.83. The van der Waals surface area contributed by atoms with Gasteiger partial charge in [0.25, 0.3) is 5.91 Å². The van der Waals surface area contributed by atoms with E-state index in [1.807, 2.05) is 33.8 Å². The lowest BCUT2D eigenvalue weighted by Gasteiger charge is -2.34. The van der Waals surface area contributed by atoms with Crippen molar-refractivity contribution in [1.29, 1.82) is 0 Å². The molecule has 2 aliphatic rings. The van der Waals surface area contributed by atoms with Crippen molar-refractivity contribution < 1.29 is 9.53 Å². The third kappa shape index (κ3) is 3.29. The van der Waals surface area contributed by atoms with Gasteiger partial charge < -0.3 is 19.5 Å². The average Bonchev–Trinajstić information content (AvgIpc) is 3.63. The molecule has 1 fully saturated rings. The van der Waals surface area contributed by atoms with Crippen LogP contribution in [0.25, 0.3) is 5.52 Å². The smallest absolute Gasteiger partial charge is 0.274 e. The van der Waals surface area contributed by atoms with Crippen molar-refractivity contribution >= 4 is 17.2 Å². The Morgan fingerprint density at radius 2 is 2.03 bits per heavy atom. The van der Waals surface area contributed by atoms with Crippen LogP contribution in [0.15, 0.2) is 43.1 Å². The zero-order valence-corrected chi connectivity index (χ0v) is 18.3. The van der Waals surface area contributed by atoms with Gasteiger partial charge in [-0.15, -0.1) is 0 Å². The zero-order chi connectivity index (χ0) is 22.4. The molecule has 0 unspecified atom stereocenters. The predicted molar refractivity (Wildman–Crippen MR) is 120 cm³/mol. The molecule has 0 radical (unpaired) electrons. The van der Waals surface area contributed by atoms with E-state index < -0.39 is 0 Å². The Hall–Kier alpha value is -3.95. The number of carbonyl (C=O) groups excluding carboxylic acids is 1. The highest BCUT2D eigenvalue weighted by molar-refractivity contribution is 5.92. The first-order valence-corrected chi connectivity index (χ1v) is 11.2. The average molecular weight is 444 g/mol. The molecule has 4 aromatic heterocycles. The number of methoxy groups -OCH3 is 1. The molecule has 1 N–H and O–H groups in total. The quantitative estimate of drug-likeness (QED) is 0.515. The van der Waals surface area contributed by atoms with Crippen molar-refractivity contribution in [2.45, 2.75) is 25.3 Å². The number of carbonyl (C=O) groups is 1. The number of amides is 1. The Kier molecular flexibility index (Phi) is 4.70. The maximum atomic E-state index is 12.7. The van der Waals surface area contributed by atoms with Crippen LogP contribution in [0.5, 0.6) is 5.75 Å². The van der Waals surface area contributed by atoms with E-state index in [2.05, 4.69) is 24.8 Å². The van der Waals surface area contributed by atoms with Gasteiger partial charge in [0, 0.05) is 37.9 Å². The number of aromatic amines is 1. The number of nitrogens with one attached hydrogen (secondary N) is 1. The van der Waals surface area contributed by atoms with Gasteiger partial charge in [-0.2, -0.15) is 5.10 Å².